The first-order valence-corrected chi connectivity index (χ1v) is 9.03. The normalized spacial score (nSPS) is 33.3. The molecule has 3 fully saturated rings. The second-order valence-corrected chi connectivity index (χ2v) is 7.44. The lowest BCUT2D eigenvalue weighted by Gasteiger charge is -2.50. The zero-order chi connectivity index (χ0) is 15.6. The van der Waals surface area contributed by atoms with E-state index in [0.717, 1.165) is 65.1 Å². The first kappa shape index (κ1) is 15.6. The molecule has 0 unspecified atom stereocenters. The smallest absolute Gasteiger partial charge is 0.0922 e. The third-order valence-electron chi connectivity index (χ3n) is 5.84. The summed E-state index contributed by atoms with van der Waals surface area (Å²) < 4.78 is 11.6. The highest BCUT2D eigenvalue weighted by atomic mass is 16.6. The van der Waals surface area contributed by atoms with Gasteiger partial charge in [-0.2, -0.15) is 0 Å². The Morgan fingerprint density at radius 2 is 1.87 bits per heavy atom. The molecule has 0 aromatic heterocycles. The van der Waals surface area contributed by atoms with E-state index in [2.05, 4.69) is 41.0 Å². The van der Waals surface area contributed by atoms with Gasteiger partial charge in [-0.1, -0.05) is 30.3 Å². The SMILES string of the molecule is c1ccc(C2(NCC3CC4(COCCO4)C3)CCNCC2)cc1. The summed E-state index contributed by atoms with van der Waals surface area (Å²) in [5, 5.41) is 7.43. The van der Waals surface area contributed by atoms with Crippen molar-refractivity contribution in [2.75, 3.05) is 39.5 Å². The van der Waals surface area contributed by atoms with Crippen molar-refractivity contribution in [2.45, 2.75) is 36.8 Å². The summed E-state index contributed by atoms with van der Waals surface area (Å²) in [7, 11) is 0. The second-order valence-electron chi connectivity index (χ2n) is 7.44. The van der Waals surface area contributed by atoms with E-state index in [1.165, 1.54) is 5.56 Å². The lowest BCUT2D eigenvalue weighted by atomic mass is 9.70. The van der Waals surface area contributed by atoms with E-state index in [1.807, 2.05) is 0 Å². The Morgan fingerprint density at radius 3 is 2.57 bits per heavy atom. The molecule has 2 saturated heterocycles. The van der Waals surface area contributed by atoms with Gasteiger partial charge in [0, 0.05) is 5.54 Å². The van der Waals surface area contributed by atoms with Crippen LogP contribution in [-0.2, 0) is 15.0 Å². The van der Waals surface area contributed by atoms with Gasteiger partial charge in [-0.05, 0) is 56.8 Å². The average Bonchev–Trinajstić information content (AvgIpc) is 2.60. The van der Waals surface area contributed by atoms with Crippen molar-refractivity contribution >= 4 is 0 Å². The van der Waals surface area contributed by atoms with Crippen LogP contribution in [0.15, 0.2) is 30.3 Å². The fraction of sp³-hybridized carbons (Fsp3) is 0.684. The Balaban J connectivity index is 1.38. The predicted octanol–water partition coefficient (Wildman–Crippen LogP) is 2.05. The number of benzene rings is 1. The highest BCUT2D eigenvalue weighted by molar-refractivity contribution is 5.25. The minimum Gasteiger partial charge on any atom is -0.376 e. The first-order chi connectivity index (χ1) is 11.3. The molecule has 0 radical (unpaired) electrons. The Hall–Kier alpha value is -0.940. The van der Waals surface area contributed by atoms with E-state index in [9.17, 15) is 0 Å². The maximum Gasteiger partial charge on any atom is 0.0922 e. The van der Waals surface area contributed by atoms with Gasteiger partial charge in [-0.25, -0.2) is 0 Å². The van der Waals surface area contributed by atoms with Crippen LogP contribution in [-0.4, -0.2) is 45.1 Å². The second kappa shape index (κ2) is 6.52. The Morgan fingerprint density at radius 1 is 1.09 bits per heavy atom. The third kappa shape index (κ3) is 3.18. The van der Waals surface area contributed by atoms with Gasteiger partial charge in [0.1, 0.15) is 0 Å². The van der Waals surface area contributed by atoms with Crippen molar-refractivity contribution in [2.24, 2.45) is 5.92 Å². The van der Waals surface area contributed by atoms with Crippen LogP contribution in [0.2, 0.25) is 0 Å². The van der Waals surface area contributed by atoms with Gasteiger partial charge in [0.25, 0.3) is 0 Å². The number of hydrogen-bond donors (Lipinski definition) is 2. The molecule has 1 aliphatic carbocycles. The molecule has 1 aromatic carbocycles. The molecule has 1 spiro atoms. The summed E-state index contributed by atoms with van der Waals surface area (Å²) >= 11 is 0. The lowest BCUT2D eigenvalue weighted by Crippen LogP contribution is -2.57. The zero-order valence-electron chi connectivity index (χ0n) is 13.9. The van der Waals surface area contributed by atoms with Gasteiger partial charge in [0.05, 0.1) is 25.4 Å². The Kier molecular flexibility index (Phi) is 4.41. The zero-order valence-corrected chi connectivity index (χ0v) is 13.9. The van der Waals surface area contributed by atoms with Gasteiger partial charge < -0.3 is 20.1 Å². The van der Waals surface area contributed by atoms with Crippen molar-refractivity contribution in [3.05, 3.63) is 35.9 Å². The highest BCUT2D eigenvalue weighted by Gasteiger charge is 2.47. The van der Waals surface area contributed by atoms with Gasteiger partial charge >= 0.3 is 0 Å². The van der Waals surface area contributed by atoms with Gasteiger partial charge in [0.15, 0.2) is 0 Å². The molecule has 4 heteroatoms. The monoisotopic (exact) mass is 316 g/mol. The maximum absolute atomic E-state index is 5.97. The summed E-state index contributed by atoms with van der Waals surface area (Å²) in [5.41, 5.74) is 1.62. The van der Waals surface area contributed by atoms with Crippen molar-refractivity contribution in [1.82, 2.24) is 10.6 Å². The Bertz CT molecular complexity index is 499. The molecule has 2 N–H and O–H groups in total. The molecule has 126 valence electrons. The van der Waals surface area contributed by atoms with Crippen LogP contribution in [0, 0.1) is 5.92 Å². The molecule has 23 heavy (non-hydrogen) atoms. The molecular formula is C19H28N2O2. The quantitative estimate of drug-likeness (QED) is 0.892. The topological polar surface area (TPSA) is 42.5 Å². The third-order valence-corrected chi connectivity index (χ3v) is 5.84. The van der Waals surface area contributed by atoms with E-state index in [4.69, 9.17) is 9.47 Å². The number of rotatable bonds is 4. The molecule has 0 bridgehead atoms. The fourth-order valence-electron chi connectivity index (χ4n) is 4.51. The van der Waals surface area contributed by atoms with Crippen LogP contribution < -0.4 is 10.6 Å². The number of ether oxygens (including phenoxy) is 2. The fourth-order valence-corrected chi connectivity index (χ4v) is 4.51. The van der Waals surface area contributed by atoms with E-state index in [-0.39, 0.29) is 11.1 Å². The maximum atomic E-state index is 5.97. The highest BCUT2D eigenvalue weighted by Crippen LogP contribution is 2.43. The standard InChI is InChI=1S/C19H28N2O2/c1-2-4-17(5-3-1)19(6-8-20-9-7-19)21-14-16-12-18(13-16)15-22-10-11-23-18/h1-5,16,20-21H,6-15H2. The molecule has 4 rings (SSSR count). The molecule has 0 atom stereocenters. The van der Waals surface area contributed by atoms with Crippen molar-refractivity contribution in [1.29, 1.82) is 0 Å². The molecule has 4 nitrogen and oxygen atoms in total. The van der Waals surface area contributed by atoms with Crippen LogP contribution in [0.4, 0.5) is 0 Å². The van der Waals surface area contributed by atoms with E-state index in [0.29, 0.717) is 5.92 Å². The number of piperidine rings is 1. The van der Waals surface area contributed by atoms with Gasteiger partial charge in [0.2, 0.25) is 0 Å². The molecule has 2 aliphatic heterocycles. The summed E-state index contributed by atoms with van der Waals surface area (Å²) in [4.78, 5) is 0. The molecule has 1 saturated carbocycles. The van der Waals surface area contributed by atoms with Crippen LogP contribution in [0.3, 0.4) is 0 Å². The average molecular weight is 316 g/mol. The number of hydrogen-bond acceptors (Lipinski definition) is 4. The summed E-state index contributed by atoms with van der Waals surface area (Å²) in [6.45, 7) is 5.58. The molecule has 3 aliphatic rings. The van der Waals surface area contributed by atoms with E-state index < -0.39 is 0 Å². The van der Waals surface area contributed by atoms with E-state index in [1.54, 1.807) is 0 Å². The van der Waals surface area contributed by atoms with Crippen molar-refractivity contribution < 1.29 is 9.47 Å². The van der Waals surface area contributed by atoms with Crippen LogP contribution in [0.25, 0.3) is 0 Å². The molecule has 0 amide bonds. The number of nitrogens with one attached hydrogen (secondary N) is 2. The Labute approximate surface area is 138 Å². The summed E-state index contributed by atoms with van der Waals surface area (Å²) in [5.74, 6) is 0.715. The minimum absolute atomic E-state index is 0.0403. The van der Waals surface area contributed by atoms with Crippen LogP contribution in [0.1, 0.15) is 31.2 Å². The molecular weight excluding hydrogens is 288 g/mol. The van der Waals surface area contributed by atoms with Crippen molar-refractivity contribution in [3.8, 4) is 0 Å². The summed E-state index contributed by atoms with van der Waals surface area (Å²) in [6, 6.07) is 11.0. The summed E-state index contributed by atoms with van der Waals surface area (Å²) in [6.07, 6.45) is 4.61. The van der Waals surface area contributed by atoms with E-state index >= 15 is 0 Å². The van der Waals surface area contributed by atoms with Gasteiger partial charge in [-0.15, -0.1) is 0 Å². The largest absolute Gasteiger partial charge is 0.376 e. The lowest BCUT2D eigenvalue weighted by molar-refractivity contribution is -0.209. The van der Waals surface area contributed by atoms with Crippen LogP contribution >= 0.6 is 0 Å². The molecule has 1 aromatic rings. The molecule has 2 heterocycles. The van der Waals surface area contributed by atoms with Crippen molar-refractivity contribution in [3.63, 3.8) is 0 Å². The first-order valence-electron chi connectivity index (χ1n) is 9.03. The van der Waals surface area contributed by atoms with Gasteiger partial charge in [-0.3, -0.25) is 0 Å². The minimum atomic E-state index is 0.0403. The van der Waals surface area contributed by atoms with Crippen LogP contribution in [0.5, 0.6) is 0 Å². The predicted molar refractivity (Wildman–Crippen MR) is 90.5 cm³/mol.